The molecule has 0 unspecified atom stereocenters. The Morgan fingerprint density at radius 3 is 2.64 bits per heavy atom. The van der Waals surface area contributed by atoms with Gasteiger partial charge in [-0.2, -0.15) is 0 Å². The molecule has 2 rings (SSSR count). The monoisotopic (exact) mass is 196 g/mol. The van der Waals surface area contributed by atoms with E-state index in [4.69, 9.17) is 0 Å². The zero-order chi connectivity index (χ0) is 10.3. The van der Waals surface area contributed by atoms with E-state index in [9.17, 15) is 10.1 Å². The van der Waals surface area contributed by atoms with Gasteiger partial charge in [0.25, 0.3) is 11.4 Å². The second kappa shape index (κ2) is 3.05. The van der Waals surface area contributed by atoms with Crippen molar-refractivity contribution in [2.45, 2.75) is 51.6 Å². The molecular weight excluding hydrogens is 180 g/mol. The summed E-state index contributed by atoms with van der Waals surface area (Å²) in [4.78, 5) is 11.8. The van der Waals surface area contributed by atoms with E-state index in [1.54, 1.807) is 13.8 Å². The van der Waals surface area contributed by atoms with Gasteiger partial charge in [0.05, 0.1) is 10.5 Å². The van der Waals surface area contributed by atoms with Gasteiger partial charge in [0.15, 0.2) is 0 Å². The molecule has 0 fully saturated rings. The van der Waals surface area contributed by atoms with E-state index in [1.807, 2.05) is 0 Å². The summed E-state index contributed by atoms with van der Waals surface area (Å²) in [6.45, 7) is 3.36. The molecule has 0 atom stereocenters. The SMILES string of the molecule is CC1(C)N([O-])C2=C(CCCCC2)[N+]1=O. The molecule has 0 bridgehead atoms. The van der Waals surface area contributed by atoms with Crippen LogP contribution in [-0.4, -0.2) is 15.5 Å². The molecule has 0 saturated heterocycles. The maximum atomic E-state index is 11.8. The van der Waals surface area contributed by atoms with Crippen molar-refractivity contribution in [3.63, 3.8) is 0 Å². The van der Waals surface area contributed by atoms with Crippen molar-refractivity contribution in [3.8, 4) is 0 Å². The number of allylic oxidation sites excluding steroid dienone is 2. The summed E-state index contributed by atoms with van der Waals surface area (Å²) in [6.07, 6.45) is 4.71. The molecular formula is C10H16N2O2. The molecule has 0 saturated carbocycles. The zero-order valence-electron chi connectivity index (χ0n) is 8.75. The first-order chi connectivity index (χ1) is 6.55. The second-order valence-corrected chi connectivity index (χ2v) is 4.54. The van der Waals surface area contributed by atoms with Crippen molar-refractivity contribution >= 4 is 0 Å². The molecule has 4 heteroatoms. The Balaban J connectivity index is 2.37. The van der Waals surface area contributed by atoms with Crippen LogP contribution in [0.15, 0.2) is 11.4 Å². The van der Waals surface area contributed by atoms with Crippen LogP contribution in [0.25, 0.3) is 0 Å². The Hall–Kier alpha value is -0.900. The highest BCUT2D eigenvalue weighted by atomic mass is 16.5. The largest absolute Gasteiger partial charge is 0.753 e. The van der Waals surface area contributed by atoms with Crippen LogP contribution in [0.5, 0.6) is 0 Å². The summed E-state index contributed by atoms with van der Waals surface area (Å²) in [6, 6.07) is 0. The summed E-state index contributed by atoms with van der Waals surface area (Å²) >= 11 is 0. The smallest absolute Gasteiger partial charge is 0.276 e. The van der Waals surface area contributed by atoms with Gasteiger partial charge < -0.3 is 10.3 Å². The predicted octanol–water partition coefficient (Wildman–Crippen LogP) is 2.49. The second-order valence-electron chi connectivity index (χ2n) is 4.54. The van der Waals surface area contributed by atoms with Gasteiger partial charge in [-0.15, -0.1) is 0 Å². The van der Waals surface area contributed by atoms with Crippen LogP contribution in [0.3, 0.4) is 0 Å². The third kappa shape index (κ3) is 1.17. The minimum absolute atomic E-state index is 0.725. The lowest BCUT2D eigenvalue weighted by Gasteiger charge is -2.33. The molecule has 78 valence electrons. The number of nitroso groups, excluding NO2 is 1. The average Bonchev–Trinajstić information content (AvgIpc) is 2.40. The summed E-state index contributed by atoms with van der Waals surface area (Å²) in [5, 5.41) is 12.7. The van der Waals surface area contributed by atoms with Crippen molar-refractivity contribution in [1.82, 2.24) is 5.06 Å². The maximum Gasteiger partial charge on any atom is 0.276 e. The van der Waals surface area contributed by atoms with Crippen LogP contribution >= 0.6 is 0 Å². The highest BCUT2D eigenvalue weighted by Crippen LogP contribution is 2.38. The summed E-state index contributed by atoms with van der Waals surface area (Å²) in [5.74, 6) is 0. The van der Waals surface area contributed by atoms with Crippen LogP contribution < -0.4 is 0 Å². The first kappa shape index (κ1) is 9.65. The van der Waals surface area contributed by atoms with Crippen molar-refractivity contribution < 1.29 is 4.76 Å². The molecule has 0 spiro atoms. The minimum atomic E-state index is -0.929. The van der Waals surface area contributed by atoms with Gasteiger partial charge in [-0.3, -0.25) is 0 Å². The first-order valence-electron chi connectivity index (χ1n) is 5.22. The Morgan fingerprint density at radius 1 is 1.29 bits per heavy atom. The highest BCUT2D eigenvalue weighted by Gasteiger charge is 2.49. The molecule has 0 amide bonds. The fourth-order valence-electron chi connectivity index (χ4n) is 2.23. The molecule has 0 aromatic heterocycles. The van der Waals surface area contributed by atoms with Crippen LogP contribution in [0.1, 0.15) is 46.0 Å². The number of nitrogens with zero attached hydrogens (tertiary/aromatic N) is 2. The molecule has 1 aliphatic heterocycles. The first-order valence-corrected chi connectivity index (χ1v) is 5.22. The van der Waals surface area contributed by atoms with Crippen molar-refractivity contribution in [1.29, 1.82) is 0 Å². The molecule has 4 nitrogen and oxygen atoms in total. The van der Waals surface area contributed by atoms with E-state index in [0.29, 0.717) is 0 Å². The van der Waals surface area contributed by atoms with Gasteiger partial charge in [0.1, 0.15) is 0 Å². The topological polar surface area (TPSA) is 46.4 Å². The van der Waals surface area contributed by atoms with E-state index in [1.165, 1.54) is 0 Å². The quantitative estimate of drug-likeness (QED) is 0.559. The normalized spacial score (nSPS) is 26.5. The Morgan fingerprint density at radius 2 is 1.93 bits per heavy atom. The van der Waals surface area contributed by atoms with Gasteiger partial charge in [-0.05, 0) is 19.3 Å². The fraction of sp³-hybridized carbons (Fsp3) is 0.800. The molecule has 14 heavy (non-hydrogen) atoms. The molecule has 1 aliphatic carbocycles. The maximum absolute atomic E-state index is 11.8. The Bertz CT molecular complexity index is 307. The summed E-state index contributed by atoms with van der Waals surface area (Å²) in [5.41, 5.74) is 0.521. The zero-order valence-corrected chi connectivity index (χ0v) is 8.75. The van der Waals surface area contributed by atoms with Crippen molar-refractivity contribution in [2.24, 2.45) is 0 Å². The number of hydrogen-bond donors (Lipinski definition) is 0. The standard InChI is InChI=1S/C10H16N2O2/c1-10(2)11(13)8-6-4-3-5-7-9(8)12(10)14/h3-7H2,1-2H3. The van der Waals surface area contributed by atoms with Gasteiger partial charge in [-0.1, -0.05) is 6.42 Å². The molecule has 0 aromatic rings. The molecule has 0 radical (unpaired) electrons. The molecule has 0 aromatic carbocycles. The summed E-state index contributed by atoms with van der Waals surface area (Å²) < 4.78 is 0.903. The average molecular weight is 196 g/mol. The van der Waals surface area contributed by atoms with Gasteiger partial charge in [-0.25, -0.2) is 0 Å². The van der Waals surface area contributed by atoms with E-state index < -0.39 is 5.66 Å². The highest BCUT2D eigenvalue weighted by molar-refractivity contribution is 5.15. The number of hydroxylamine groups is 2. The molecule has 1 heterocycles. The van der Waals surface area contributed by atoms with Crippen molar-refractivity contribution in [2.75, 3.05) is 0 Å². The molecule has 0 N–H and O–H groups in total. The van der Waals surface area contributed by atoms with Crippen molar-refractivity contribution in [3.05, 3.63) is 21.5 Å². The van der Waals surface area contributed by atoms with E-state index in [2.05, 4.69) is 0 Å². The van der Waals surface area contributed by atoms with E-state index >= 15 is 0 Å². The Kier molecular flexibility index (Phi) is 2.10. The molecule has 2 aliphatic rings. The lowest BCUT2D eigenvalue weighted by molar-refractivity contribution is -0.586. The van der Waals surface area contributed by atoms with Gasteiger partial charge >= 0.3 is 0 Å². The van der Waals surface area contributed by atoms with Crippen LogP contribution in [0.4, 0.5) is 0 Å². The lowest BCUT2D eigenvalue weighted by atomic mass is 10.2. The number of hydrogen-bond acceptors (Lipinski definition) is 3. The van der Waals surface area contributed by atoms with E-state index in [0.717, 1.165) is 53.3 Å². The minimum Gasteiger partial charge on any atom is -0.753 e. The Labute approximate surface area is 83.7 Å². The van der Waals surface area contributed by atoms with Gasteiger partial charge in [0.2, 0.25) is 0 Å². The third-order valence-electron chi connectivity index (χ3n) is 3.14. The lowest BCUT2D eigenvalue weighted by Crippen LogP contribution is -2.41. The predicted molar refractivity (Wildman–Crippen MR) is 53.0 cm³/mol. The van der Waals surface area contributed by atoms with E-state index in [-0.39, 0.29) is 0 Å². The summed E-state index contributed by atoms with van der Waals surface area (Å²) in [7, 11) is 0. The van der Waals surface area contributed by atoms with Gasteiger partial charge in [0, 0.05) is 25.2 Å². The van der Waals surface area contributed by atoms with Crippen LogP contribution in [0, 0.1) is 10.1 Å². The third-order valence-corrected chi connectivity index (χ3v) is 3.14. The number of rotatable bonds is 0. The van der Waals surface area contributed by atoms with Crippen LogP contribution in [0.2, 0.25) is 0 Å². The fourth-order valence-corrected chi connectivity index (χ4v) is 2.23. The van der Waals surface area contributed by atoms with Crippen LogP contribution in [-0.2, 0) is 0 Å².